The second kappa shape index (κ2) is 5.86. The van der Waals surface area contributed by atoms with E-state index in [1.165, 1.54) is 7.11 Å². The second-order valence-electron chi connectivity index (χ2n) is 4.64. The lowest BCUT2D eigenvalue weighted by molar-refractivity contribution is -0.144. The fraction of sp³-hybridized carbons (Fsp3) is 0.818. The van der Waals surface area contributed by atoms with Crippen LogP contribution in [0.25, 0.3) is 0 Å². The summed E-state index contributed by atoms with van der Waals surface area (Å²) in [7, 11) is 1.32. The topological polar surface area (TPSA) is 78.9 Å². The third kappa shape index (κ3) is 3.59. The first kappa shape index (κ1) is 13.8. The number of rotatable bonds is 4. The van der Waals surface area contributed by atoms with Gasteiger partial charge in [0, 0.05) is 19.1 Å². The van der Waals surface area contributed by atoms with Gasteiger partial charge in [0.1, 0.15) is 6.04 Å². The minimum Gasteiger partial charge on any atom is -0.480 e. The minimum absolute atomic E-state index is 0.0250. The first-order chi connectivity index (χ1) is 7.95. The lowest BCUT2D eigenvalue weighted by Gasteiger charge is -2.27. The summed E-state index contributed by atoms with van der Waals surface area (Å²) in [5.41, 5.74) is 0. The number of ether oxygens (including phenoxy) is 1. The van der Waals surface area contributed by atoms with Gasteiger partial charge in [-0.05, 0) is 12.3 Å². The summed E-state index contributed by atoms with van der Waals surface area (Å²) in [5.74, 6) is -0.761. The minimum atomic E-state index is -0.807. The van der Waals surface area contributed by atoms with E-state index in [-0.39, 0.29) is 12.0 Å². The van der Waals surface area contributed by atoms with Gasteiger partial charge in [-0.1, -0.05) is 13.8 Å². The van der Waals surface area contributed by atoms with E-state index in [4.69, 9.17) is 5.11 Å². The average Bonchev–Trinajstić information content (AvgIpc) is 2.64. The average molecular weight is 244 g/mol. The summed E-state index contributed by atoms with van der Waals surface area (Å²) in [6.45, 7) is 5.02. The third-order valence-corrected chi connectivity index (χ3v) is 3.00. The predicted octanol–water partition coefficient (Wildman–Crippen LogP) is 0.526. The van der Waals surface area contributed by atoms with E-state index in [9.17, 15) is 9.59 Å². The molecule has 0 aliphatic carbocycles. The van der Waals surface area contributed by atoms with Crippen LogP contribution in [0.3, 0.4) is 0 Å². The van der Waals surface area contributed by atoms with Crippen LogP contribution in [0.1, 0.15) is 20.3 Å². The second-order valence-corrected chi connectivity index (χ2v) is 4.64. The highest BCUT2D eigenvalue weighted by molar-refractivity contribution is 5.74. The number of carbonyl (C=O) groups excluding carboxylic acids is 1. The van der Waals surface area contributed by atoms with Crippen molar-refractivity contribution in [3.05, 3.63) is 0 Å². The van der Waals surface area contributed by atoms with Crippen molar-refractivity contribution in [1.29, 1.82) is 0 Å². The molecule has 98 valence electrons. The quantitative estimate of drug-likeness (QED) is 0.754. The number of carboxylic acids is 1. The Morgan fingerprint density at radius 2 is 2.12 bits per heavy atom. The van der Waals surface area contributed by atoms with Crippen molar-refractivity contribution in [3.63, 3.8) is 0 Å². The molecule has 0 aromatic carbocycles. The van der Waals surface area contributed by atoms with Gasteiger partial charge in [-0.2, -0.15) is 0 Å². The van der Waals surface area contributed by atoms with E-state index in [0.717, 1.165) is 6.42 Å². The zero-order valence-corrected chi connectivity index (χ0v) is 10.5. The van der Waals surface area contributed by atoms with Crippen LogP contribution in [-0.4, -0.2) is 54.4 Å². The standard InChI is InChI=1S/C11H20N2O4/c1-7(2)9(10(14)15)13-5-4-8(6-13)12-11(16)17-3/h7-9H,4-6H2,1-3H3,(H,12,16)(H,14,15). The Labute approximate surface area is 101 Å². The molecule has 0 spiro atoms. The van der Waals surface area contributed by atoms with Gasteiger partial charge in [0.2, 0.25) is 0 Å². The molecule has 0 aromatic rings. The molecule has 1 heterocycles. The molecule has 6 heteroatoms. The summed E-state index contributed by atoms with van der Waals surface area (Å²) >= 11 is 0. The number of carbonyl (C=O) groups is 2. The molecule has 1 rings (SSSR count). The Kier molecular flexibility index (Phi) is 4.74. The number of carboxylic acid groups (broad SMARTS) is 1. The van der Waals surface area contributed by atoms with Gasteiger partial charge in [0.25, 0.3) is 0 Å². The molecule has 0 radical (unpaired) electrons. The van der Waals surface area contributed by atoms with E-state index in [1.54, 1.807) is 0 Å². The van der Waals surface area contributed by atoms with Gasteiger partial charge in [0.15, 0.2) is 0 Å². The molecule has 2 unspecified atom stereocenters. The van der Waals surface area contributed by atoms with Crippen molar-refractivity contribution in [1.82, 2.24) is 10.2 Å². The summed E-state index contributed by atoms with van der Waals surface area (Å²) in [5, 5.41) is 11.9. The first-order valence-corrected chi connectivity index (χ1v) is 5.77. The van der Waals surface area contributed by atoms with Crippen molar-refractivity contribution >= 4 is 12.1 Å². The summed E-state index contributed by atoms with van der Waals surface area (Å²) in [4.78, 5) is 24.1. The van der Waals surface area contributed by atoms with Gasteiger partial charge in [-0.3, -0.25) is 9.69 Å². The fourth-order valence-electron chi connectivity index (χ4n) is 2.25. The van der Waals surface area contributed by atoms with E-state index < -0.39 is 18.1 Å². The highest BCUT2D eigenvalue weighted by Crippen LogP contribution is 2.18. The lowest BCUT2D eigenvalue weighted by atomic mass is 10.0. The van der Waals surface area contributed by atoms with Crippen LogP contribution in [-0.2, 0) is 9.53 Å². The number of aliphatic carboxylic acids is 1. The van der Waals surface area contributed by atoms with Gasteiger partial charge >= 0.3 is 12.1 Å². The number of nitrogens with one attached hydrogen (secondary N) is 1. The van der Waals surface area contributed by atoms with Gasteiger partial charge in [0.05, 0.1) is 7.11 Å². The molecular formula is C11H20N2O4. The van der Waals surface area contributed by atoms with E-state index >= 15 is 0 Å². The molecule has 1 amide bonds. The number of amides is 1. The summed E-state index contributed by atoms with van der Waals surface area (Å²) in [6, 6.07) is -0.512. The maximum atomic E-state index is 11.2. The number of hydrogen-bond acceptors (Lipinski definition) is 4. The predicted molar refractivity (Wildman–Crippen MR) is 61.8 cm³/mol. The van der Waals surface area contributed by atoms with Gasteiger partial charge < -0.3 is 15.2 Å². The molecule has 0 aromatic heterocycles. The lowest BCUT2D eigenvalue weighted by Crippen LogP contribution is -2.45. The Hall–Kier alpha value is -1.30. The van der Waals surface area contributed by atoms with Crippen LogP contribution < -0.4 is 5.32 Å². The molecule has 0 bridgehead atoms. The fourth-order valence-corrected chi connectivity index (χ4v) is 2.25. The number of alkyl carbamates (subject to hydrolysis) is 1. The summed E-state index contributed by atoms with van der Waals surface area (Å²) < 4.78 is 4.52. The molecule has 2 N–H and O–H groups in total. The first-order valence-electron chi connectivity index (χ1n) is 5.77. The maximum absolute atomic E-state index is 11.2. The smallest absolute Gasteiger partial charge is 0.407 e. The molecular weight excluding hydrogens is 224 g/mol. The number of nitrogens with zero attached hydrogens (tertiary/aromatic N) is 1. The van der Waals surface area contributed by atoms with Crippen LogP contribution >= 0.6 is 0 Å². The Balaban J connectivity index is 2.53. The zero-order valence-electron chi connectivity index (χ0n) is 10.5. The van der Waals surface area contributed by atoms with Gasteiger partial charge in [-0.15, -0.1) is 0 Å². The van der Waals surface area contributed by atoms with E-state index in [1.807, 2.05) is 18.7 Å². The number of methoxy groups -OCH3 is 1. The Morgan fingerprint density at radius 1 is 1.47 bits per heavy atom. The van der Waals surface area contributed by atoms with Crippen LogP contribution in [0.15, 0.2) is 0 Å². The van der Waals surface area contributed by atoms with Crippen LogP contribution in [0.4, 0.5) is 4.79 Å². The van der Waals surface area contributed by atoms with E-state index in [0.29, 0.717) is 13.1 Å². The molecule has 2 atom stereocenters. The third-order valence-electron chi connectivity index (χ3n) is 3.00. The normalized spacial score (nSPS) is 22.5. The molecule has 17 heavy (non-hydrogen) atoms. The highest BCUT2D eigenvalue weighted by Gasteiger charge is 2.34. The molecule has 0 saturated carbocycles. The highest BCUT2D eigenvalue weighted by atomic mass is 16.5. The molecule has 1 aliphatic heterocycles. The number of likely N-dealkylation sites (tertiary alicyclic amines) is 1. The molecule has 1 saturated heterocycles. The van der Waals surface area contributed by atoms with Crippen molar-refractivity contribution in [2.45, 2.75) is 32.4 Å². The number of hydrogen-bond donors (Lipinski definition) is 2. The molecule has 6 nitrogen and oxygen atoms in total. The summed E-state index contributed by atoms with van der Waals surface area (Å²) in [6.07, 6.45) is 0.291. The SMILES string of the molecule is COC(=O)NC1CCN(C(C(=O)O)C(C)C)C1. The van der Waals surface area contributed by atoms with Crippen molar-refractivity contribution in [2.75, 3.05) is 20.2 Å². The maximum Gasteiger partial charge on any atom is 0.407 e. The van der Waals surface area contributed by atoms with E-state index in [2.05, 4.69) is 10.1 Å². The molecule has 1 aliphatic rings. The largest absolute Gasteiger partial charge is 0.480 e. The van der Waals surface area contributed by atoms with Crippen molar-refractivity contribution < 1.29 is 19.4 Å². The van der Waals surface area contributed by atoms with Crippen LogP contribution in [0.5, 0.6) is 0 Å². The van der Waals surface area contributed by atoms with Crippen LogP contribution in [0.2, 0.25) is 0 Å². The molecule has 1 fully saturated rings. The Bertz CT molecular complexity index is 293. The van der Waals surface area contributed by atoms with Gasteiger partial charge in [-0.25, -0.2) is 4.79 Å². The van der Waals surface area contributed by atoms with Crippen LogP contribution in [0, 0.1) is 5.92 Å². The van der Waals surface area contributed by atoms with Crippen molar-refractivity contribution in [3.8, 4) is 0 Å². The zero-order chi connectivity index (χ0) is 13.0. The van der Waals surface area contributed by atoms with Crippen molar-refractivity contribution in [2.24, 2.45) is 5.92 Å². The Morgan fingerprint density at radius 3 is 2.59 bits per heavy atom. The monoisotopic (exact) mass is 244 g/mol.